The van der Waals surface area contributed by atoms with Crippen molar-refractivity contribution >= 4 is 58.0 Å². The highest BCUT2D eigenvalue weighted by molar-refractivity contribution is 7.80. The van der Waals surface area contributed by atoms with Crippen molar-refractivity contribution in [2.45, 2.75) is 13.5 Å². The zero-order valence-corrected chi connectivity index (χ0v) is 14.2. The van der Waals surface area contributed by atoms with Crippen LogP contribution in [0.1, 0.15) is 12.5 Å². The predicted octanol–water partition coefficient (Wildman–Crippen LogP) is 4.20. The van der Waals surface area contributed by atoms with Gasteiger partial charge >= 0.3 is 0 Å². The lowest BCUT2D eigenvalue weighted by molar-refractivity contribution is 0.690. The maximum absolute atomic E-state index is 6.15. The molecule has 4 nitrogen and oxygen atoms in total. The lowest BCUT2D eigenvalue weighted by Gasteiger charge is -2.07. The van der Waals surface area contributed by atoms with Crippen LogP contribution in [0.4, 0.5) is 5.82 Å². The molecule has 0 saturated carbocycles. The molecule has 0 amide bonds. The molecule has 0 aliphatic carbocycles. The number of hydrogen-bond donors (Lipinski definition) is 2. The Morgan fingerprint density at radius 1 is 1.24 bits per heavy atom. The van der Waals surface area contributed by atoms with Crippen LogP contribution in [-0.2, 0) is 6.54 Å². The lowest BCUT2D eigenvalue weighted by atomic mass is 10.2. The van der Waals surface area contributed by atoms with E-state index in [0.29, 0.717) is 32.5 Å². The molecular formula is C13H13Cl3N4S. The zero-order valence-electron chi connectivity index (χ0n) is 11.2. The van der Waals surface area contributed by atoms with Gasteiger partial charge in [-0.15, -0.1) is 0 Å². The summed E-state index contributed by atoms with van der Waals surface area (Å²) in [6, 6.07) is 5.37. The molecule has 0 spiro atoms. The molecule has 0 saturated heterocycles. The Morgan fingerprint density at radius 3 is 2.52 bits per heavy atom. The van der Waals surface area contributed by atoms with E-state index in [1.807, 2.05) is 6.92 Å². The van der Waals surface area contributed by atoms with E-state index >= 15 is 0 Å². The van der Waals surface area contributed by atoms with Crippen molar-refractivity contribution in [2.75, 3.05) is 11.9 Å². The van der Waals surface area contributed by atoms with Gasteiger partial charge in [0.2, 0.25) is 0 Å². The van der Waals surface area contributed by atoms with Gasteiger partial charge in [-0.1, -0.05) is 40.9 Å². The van der Waals surface area contributed by atoms with Crippen LogP contribution in [0.3, 0.4) is 0 Å². The average Bonchev–Trinajstić information content (AvgIpc) is 2.75. The Morgan fingerprint density at radius 2 is 1.90 bits per heavy atom. The minimum absolute atomic E-state index is 0.424. The smallest absolute Gasteiger partial charge is 0.173 e. The van der Waals surface area contributed by atoms with Crippen LogP contribution >= 0.6 is 47.0 Å². The van der Waals surface area contributed by atoms with Crippen LogP contribution in [0.25, 0.3) is 0 Å². The van der Waals surface area contributed by atoms with Crippen LogP contribution < -0.4 is 10.6 Å². The van der Waals surface area contributed by atoms with E-state index in [0.717, 1.165) is 12.1 Å². The first-order valence-electron chi connectivity index (χ1n) is 6.22. The van der Waals surface area contributed by atoms with E-state index in [-0.39, 0.29) is 0 Å². The van der Waals surface area contributed by atoms with E-state index in [4.69, 9.17) is 47.0 Å². The van der Waals surface area contributed by atoms with Crippen molar-refractivity contribution in [2.24, 2.45) is 0 Å². The fraction of sp³-hybridized carbons (Fsp3) is 0.231. The van der Waals surface area contributed by atoms with Gasteiger partial charge in [0.25, 0.3) is 0 Å². The van der Waals surface area contributed by atoms with Crippen molar-refractivity contribution in [3.63, 3.8) is 0 Å². The van der Waals surface area contributed by atoms with Crippen LogP contribution in [0, 0.1) is 0 Å². The Balaban J connectivity index is 2.17. The summed E-state index contributed by atoms with van der Waals surface area (Å²) >= 11 is 23.5. The average molecular weight is 364 g/mol. The predicted molar refractivity (Wildman–Crippen MR) is 92.7 cm³/mol. The second-order valence-electron chi connectivity index (χ2n) is 4.21. The molecule has 8 heteroatoms. The summed E-state index contributed by atoms with van der Waals surface area (Å²) in [6.45, 7) is 3.10. The lowest BCUT2D eigenvalue weighted by Crippen LogP contribution is -2.28. The highest BCUT2D eigenvalue weighted by Gasteiger charge is 2.11. The van der Waals surface area contributed by atoms with E-state index in [1.54, 1.807) is 29.1 Å². The molecule has 1 heterocycles. The molecule has 0 atom stereocenters. The number of benzene rings is 1. The molecule has 112 valence electrons. The molecule has 0 unspecified atom stereocenters. The first kappa shape index (κ1) is 16.4. The number of nitrogens with zero attached hydrogens (tertiary/aromatic N) is 2. The van der Waals surface area contributed by atoms with E-state index < -0.39 is 0 Å². The molecule has 0 bridgehead atoms. The second-order valence-corrected chi connectivity index (χ2v) is 5.84. The first-order valence-corrected chi connectivity index (χ1v) is 7.76. The highest BCUT2D eigenvalue weighted by Crippen LogP contribution is 2.26. The van der Waals surface area contributed by atoms with Crippen LogP contribution in [0.2, 0.25) is 15.1 Å². The largest absolute Gasteiger partial charge is 0.363 e. The third-order valence-corrected chi connectivity index (χ3v) is 3.90. The molecule has 2 rings (SSSR count). The van der Waals surface area contributed by atoms with Gasteiger partial charge in [0.05, 0.1) is 6.54 Å². The van der Waals surface area contributed by atoms with Crippen LogP contribution in [0.15, 0.2) is 24.4 Å². The molecule has 1 aromatic heterocycles. The summed E-state index contributed by atoms with van der Waals surface area (Å²) in [4.78, 5) is 0. The molecule has 0 aliphatic rings. The van der Waals surface area contributed by atoms with E-state index in [2.05, 4.69) is 15.7 Å². The fourth-order valence-electron chi connectivity index (χ4n) is 1.72. The SMILES string of the molecule is CCNC(=S)Nc1nn(Cc2c(Cl)cccc2Cl)cc1Cl. The molecule has 0 radical (unpaired) electrons. The van der Waals surface area contributed by atoms with Gasteiger partial charge in [-0.3, -0.25) is 4.68 Å². The zero-order chi connectivity index (χ0) is 15.4. The fourth-order valence-corrected chi connectivity index (χ4v) is 2.68. The van der Waals surface area contributed by atoms with Gasteiger partial charge in [0, 0.05) is 28.4 Å². The van der Waals surface area contributed by atoms with Gasteiger partial charge in [-0.05, 0) is 31.3 Å². The number of aromatic nitrogens is 2. The summed E-state index contributed by atoms with van der Waals surface area (Å²) in [6.07, 6.45) is 1.69. The summed E-state index contributed by atoms with van der Waals surface area (Å²) in [5, 5.41) is 12.4. The number of thiocarbonyl (C=S) groups is 1. The molecular weight excluding hydrogens is 351 g/mol. The maximum Gasteiger partial charge on any atom is 0.173 e. The van der Waals surface area contributed by atoms with Gasteiger partial charge in [0.15, 0.2) is 10.9 Å². The Bertz CT molecular complexity index is 637. The number of anilines is 1. The normalized spacial score (nSPS) is 10.5. The summed E-state index contributed by atoms with van der Waals surface area (Å²) in [5.74, 6) is 0.491. The van der Waals surface area contributed by atoms with Gasteiger partial charge < -0.3 is 10.6 Å². The molecule has 21 heavy (non-hydrogen) atoms. The van der Waals surface area contributed by atoms with Crippen molar-refractivity contribution in [1.29, 1.82) is 0 Å². The minimum Gasteiger partial charge on any atom is -0.363 e. The Labute approximate surface area is 143 Å². The highest BCUT2D eigenvalue weighted by atomic mass is 35.5. The third kappa shape index (κ3) is 4.23. The van der Waals surface area contributed by atoms with Gasteiger partial charge in [-0.25, -0.2) is 0 Å². The quantitative estimate of drug-likeness (QED) is 0.799. The van der Waals surface area contributed by atoms with Gasteiger partial charge in [0.1, 0.15) is 5.02 Å². The third-order valence-electron chi connectivity index (χ3n) is 2.67. The second kappa shape index (κ2) is 7.31. The summed E-state index contributed by atoms with van der Waals surface area (Å²) in [7, 11) is 0. The number of nitrogens with one attached hydrogen (secondary N) is 2. The monoisotopic (exact) mass is 362 g/mol. The van der Waals surface area contributed by atoms with Crippen LogP contribution in [0.5, 0.6) is 0 Å². The van der Waals surface area contributed by atoms with Crippen molar-refractivity contribution in [1.82, 2.24) is 15.1 Å². The summed E-state index contributed by atoms with van der Waals surface area (Å²) < 4.78 is 1.66. The minimum atomic E-state index is 0.424. The van der Waals surface area contributed by atoms with E-state index in [9.17, 15) is 0 Å². The van der Waals surface area contributed by atoms with Crippen molar-refractivity contribution < 1.29 is 0 Å². The molecule has 2 aromatic rings. The van der Waals surface area contributed by atoms with Crippen molar-refractivity contribution in [3.8, 4) is 0 Å². The molecule has 0 fully saturated rings. The van der Waals surface area contributed by atoms with Crippen molar-refractivity contribution in [3.05, 3.63) is 45.0 Å². The number of halogens is 3. The summed E-state index contributed by atoms with van der Waals surface area (Å²) in [5.41, 5.74) is 0.792. The first-order chi connectivity index (χ1) is 10.0. The molecule has 0 aliphatic heterocycles. The van der Waals surface area contributed by atoms with E-state index in [1.165, 1.54) is 0 Å². The standard InChI is InChI=1S/C13H13Cl3N4S/c1-2-17-13(21)18-12-11(16)7-20(19-12)6-8-9(14)4-3-5-10(8)15/h3-5,7H,2,6H2,1H3,(H2,17,18,19,21). The topological polar surface area (TPSA) is 41.9 Å². The molecule has 1 aromatic carbocycles. The van der Waals surface area contributed by atoms with Gasteiger partial charge in [-0.2, -0.15) is 5.10 Å². The number of rotatable bonds is 4. The maximum atomic E-state index is 6.15. The number of hydrogen-bond acceptors (Lipinski definition) is 2. The van der Waals surface area contributed by atoms with Crippen LogP contribution in [-0.4, -0.2) is 21.4 Å². The Kier molecular flexibility index (Phi) is 5.70. The Hall–Kier alpha value is -1.01. The molecule has 2 N–H and O–H groups in total.